The number of hydrogen-bond acceptors (Lipinski definition) is 3. The van der Waals surface area contributed by atoms with Crippen LogP contribution in [0.25, 0.3) is 11.3 Å². The summed E-state index contributed by atoms with van der Waals surface area (Å²) in [7, 11) is 0. The van der Waals surface area contributed by atoms with Crippen molar-refractivity contribution in [2.45, 2.75) is 19.8 Å². The molecule has 1 unspecified atom stereocenters. The average molecular weight is 335 g/mol. The van der Waals surface area contributed by atoms with Crippen LogP contribution in [0.5, 0.6) is 0 Å². The minimum absolute atomic E-state index is 0.0872. The van der Waals surface area contributed by atoms with Crippen LogP contribution in [0.2, 0.25) is 0 Å². The molecule has 0 saturated carbocycles. The van der Waals surface area contributed by atoms with E-state index in [0.29, 0.717) is 28.9 Å². The number of nitrogens with zero attached hydrogens (tertiary/aromatic N) is 1. The fourth-order valence-corrected chi connectivity index (χ4v) is 3.42. The van der Waals surface area contributed by atoms with Gasteiger partial charge in [-0.1, -0.05) is 25.1 Å². The monoisotopic (exact) mass is 335 g/mol. The van der Waals surface area contributed by atoms with Crippen molar-refractivity contribution in [3.8, 4) is 11.3 Å². The molecular weight excluding hydrogens is 317 g/mol. The highest BCUT2D eigenvalue weighted by Crippen LogP contribution is 2.40. The molecule has 4 rings (SSSR count). The molecule has 2 aromatic heterocycles. The minimum Gasteiger partial charge on any atom is -0.356 e. The molecule has 0 radical (unpaired) electrons. The lowest BCUT2D eigenvalue weighted by Crippen LogP contribution is -2.17. The van der Waals surface area contributed by atoms with Crippen molar-refractivity contribution in [1.82, 2.24) is 9.97 Å². The number of Topliss-reactive ketones (excluding diaryl/α,β-unsaturated/α-hetero) is 1. The maximum atomic E-state index is 14.3. The van der Waals surface area contributed by atoms with E-state index in [1.807, 2.05) is 30.3 Å². The molecule has 1 aromatic carbocycles. The second-order valence-electron chi connectivity index (χ2n) is 6.51. The van der Waals surface area contributed by atoms with Crippen LogP contribution in [0, 0.1) is 11.7 Å². The first kappa shape index (κ1) is 15.6. The highest BCUT2D eigenvalue weighted by Gasteiger charge is 2.30. The Balaban J connectivity index is 1.90. The van der Waals surface area contributed by atoms with Crippen molar-refractivity contribution >= 4 is 17.2 Å². The third kappa shape index (κ3) is 2.82. The van der Waals surface area contributed by atoms with Crippen LogP contribution < -0.4 is 5.32 Å². The minimum atomic E-state index is -0.419. The zero-order valence-corrected chi connectivity index (χ0v) is 13.8. The van der Waals surface area contributed by atoms with Crippen LogP contribution in [-0.4, -0.2) is 15.8 Å². The zero-order valence-electron chi connectivity index (χ0n) is 13.8. The SMILES string of the molecule is CC1CC(=O)c2c([nH]c(-c3ccncc3F)c2Nc2ccccc2)C1. The molecule has 2 N–H and O–H groups in total. The molecule has 126 valence electrons. The fourth-order valence-electron chi connectivity index (χ4n) is 3.42. The van der Waals surface area contributed by atoms with E-state index in [1.165, 1.54) is 6.20 Å². The number of fused-ring (bicyclic) bond motifs is 1. The first-order chi connectivity index (χ1) is 12.1. The number of rotatable bonds is 3. The van der Waals surface area contributed by atoms with E-state index in [1.54, 1.807) is 12.3 Å². The predicted molar refractivity (Wildman–Crippen MR) is 95.5 cm³/mol. The van der Waals surface area contributed by atoms with E-state index >= 15 is 0 Å². The summed E-state index contributed by atoms with van der Waals surface area (Å²) in [5, 5.41) is 3.31. The third-order valence-electron chi connectivity index (χ3n) is 4.53. The van der Waals surface area contributed by atoms with Crippen LogP contribution >= 0.6 is 0 Å². The van der Waals surface area contributed by atoms with Gasteiger partial charge >= 0.3 is 0 Å². The Morgan fingerprint density at radius 3 is 2.76 bits per heavy atom. The summed E-state index contributed by atoms with van der Waals surface area (Å²) in [6.07, 6.45) is 4.02. The van der Waals surface area contributed by atoms with Gasteiger partial charge in [-0.25, -0.2) is 4.39 Å². The van der Waals surface area contributed by atoms with Crippen LogP contribution in [-0.2, 0) is 6.42 Å². The van der Waals surface area contributed by atoms with Crippen LogP contribution in [0.1, 0.15) is 29.4 Å². The molecule has 3 aromatic rings. The van der Waals surface area contributed by atoms with Gasteiger partial charge in [-0.3, -0.25) is 9.78 Å². The Morgan fingerprint density at radius 2 is 2.00 bits per heavy atom. The predicted octanol–water partition coefficient (Wildman–Crippen LogP) is 4.72. The lowest BCUT2D eigenvalue weighted by Gasteiger charge is -2.18. The van der Waals surface area contributed by atoms with Gasteiger partial charge in [0.05, 0.1) is 23.1 Å². The Labute approximate surface area is 145 Å². The molecule has 25 heavy (non-hydrogen) atoms. The quantitative estimate of drug-likeness (QED) is 0.728. The van der Waals surface area contributed by atoms with Crippen LogP contribution in [0.15, 0.2) is 48.8 Å². The van der Waals surface area contributed by atoms with Crippen molar-refractivity contribution in [2.75, 3.05) is 5.32 Å². The number of halogens is 1. The maximum Gasteiger partial charge on any atom is 0.167 e. The Kier molecular flexibility index (Phi) is 3.84. The van der Waals surface area contributed by atoms with Gasteiger partial charge in [0.1, 0.15) is 0 Å². The number of pyridine rings is 1. The molecule has 0 bridgehead atoms. The topological polar surface area (TPSA) is 57.8 Å². The number of carbonyl (C=O) groups is 1. The lowest BCUT2D eigenvalue weighted by atomic mass is 9.87. The molecule has 0 amide bonds. The Morgan fingerprint density at radius 1 is 1.20 bits per heavy atom. The van der Waals surface area contributed by atoms with Crippen LogP contribution in [0.4, 0.5) is 15.8 Å². The Hall–Kier alpha value is -2.95. The number of carbonyl (C=O) groups excluding carboxylic acids is 1. The molecule has 1 aliphatic carbocycles. The van der Waals surface area contributed by atoms with Gasteiger partial charge in [-0.15, -0.1) is 0 Å². The first-order valence-electron chi connectivity index (χ1n) is 8.33. The van der Waals surface area contributed by atoms with E-state index in [9.17, 15) is 9.18 Å². The number of anilines is 2. The largest absolute Gasteiger partial charge is 0.356 e. The molecule has 1 aliphatic rings. The van der Waals surface area contributed by atoms with Crippen molar-refractivity contribution < 1.29 is 9.18 Å². The van der Waals surface area contributed by atoms with E-state index in [0.717, 1.165) is 17.8 Å². The van der Waals surface area contributed by atoms with Gasteiger partial charge in [-0.2, -0.15) is 0 Å². The molecular formula is C20H18FN3O. The normalized spacial score (nSPS) is 16.6. The molecule has 1 atom stereocenters. The Bertz CT molecular complexity index is 933. The first-order valence-corrected chi connectivity index (χ1v) is 8.33. The van der Waals surface area contributed by atoms with Crippen molar-refractivity contribution in [3.63, 3.8) is 0 Å². The van der Waals surface area contributed by atoms with Gasteiger partial charge in [-0.05, 0) is 30.5 Å². The maximum absolute atomic E-state index is 14.3. The standard InChI is InChI=1S/C20H18FN3O/c1-12-9-16-18(17(25)10-12)20(23-13-5-3-2-4-6-13)19(24-16)14-7-8-22-11-15(14)21/h2-8,11-12,23-24H,9-10H2,1H3. The van der Waals surface area contributed by atoms with Gasteiger partial charge in [0.2, 0.25) is 0 Å². The molecule has 0 saturated heterocycles. The van der Waals surface area contributed by atoms with E-state index < -0.39 is 5.82 Å². The summed E-state index contributed by atoms with van der Waals surface area (Å²) in [5.41, 5.74) is 4.01. The molecule has 2 heterocycles. The van der Waals surface area contributed by atoms with Gasteiger partial charge < -0.3 is 10.3 Å². The van der Waals surface area contributed by atoms with Crippen molar-refractivity contribution in [1.29, 1.82) is 0 Å². The summed E-state index contributed by atoms with van der Waals surface area (Å²) in [6.45, 7) is 2.05. The number of para-hydroxylation sites is 1. The van der Waals surface area contributed by atoms with Crippen molar-refractivity contribution in [3.05, 3.63) is 65.9 Å². The number of hydrogen-bond donors (Lipinski definition) is 2. The second-order valence-corrected chi connectivity index (χ2v) is 6.51. The number of benzene rings is 1. The number of aromatic amines is 1. The molecule has 5 heteroatoms. The summed E-state index contributed by atoms with van der Waals surface area (Å²) in [4.78, 5) is 19.8. The lowest BCUT2D eigenvalue weighted by molar-refractivity contribution is 0.0954. The number of aromatic nitrogens is 2. The molecule has 4 nitrogen and oxygen atoms in total. The fraction of sp³-hybridized carbons (Fsp3) is 0.200. The van der Waals surface area contributed by atoms with E-state index in [2.05, 4.69) is 22.2 Å². The van der Waals surface area contributed by atoms with Gasteiger partial charge in [0, 0.05) is 29.6 Å². The van der Waals surface area contributed by atoms with E-state index in [-0.39, 0.29) is 11.7 Å². The zero-order chi connectivity index (χ0) is 17.4. The highest BCUT2D eigenvalue weighted by atomic mass is 19.1. The van der Waals surface area contributed by atoms with Crippen LogP contribution in [0.3, 0.4) is 0 Å². The number of nitrogens with one attached hydrogen (secondary N) is 2. The molecule has 0 fully saturated rings. The molecule has 0 aliphatic heterocycles. The van der Waals surface area contributed by atoms with Crippen molar-refractivity contribution in [2.24, 2.45) is 5.92 Å². The number of ketones is 1. The summed E-state index contributed by atoms with van der Waals surface area (Å²) in [5.74, 6) is -0.0554. The average Bonchev–Trinajstić information content (AvgIpc) is 2.94. The second kappa shape index (κ2) is 6.16. The number of H-pyrrole nitrogens is 1. The van der Waals surface area contributed by atoms with Gasteiger partial charge in [0.25, 0.3) is 0 Å². The summed E-state index contributed by atoms with van der Waals surface area (Å²) in [6, 6.07) is 11.2. The smallest absolute Gasteiger partial charge is 0.167 e. The summed E-state index contributed by atoms with van der Waals surface area (Å²) >= 11 is 0. The van der Waals surface area contributed by atoms with E-state index in [4.69, 9.17) is 0 Å². The highest BCUT2D eigenvalue weighted by molar-refractivity contribution is 6.07. The third-order valence-corrected chi connectivity index (χ3v) is 4.53. The molecule has 0 spiro atoms. The summed E-state index contributed by atoms with van der Waals surface area (Å²) < 4.78 is 14.3. The van der Waals surface area contributed by atoms with Gasteiger partial charge in [0.15, 0.2) is 11.6 Å².